The topological polar surface area (TPSA) is 89.9 Å². The van der Waals surface area contributed by atoms with E-state index in [0.29, 0.717) is 25.0 Å². The van der Waals surface area contributed by atoms with Crippen molar-refractivity contribution in [3.8, 4) is 22.8 Å². The van der Waals surface area contributed by atoms with Crippen LogP contribution in [0.25, 0.3) is 22.3 Å². The summed E-state index contributed by atoms with van der Waals surface area (Å²) >= 11 is 0. The van der Waals surface area contributed by atoms with Crippen molar-refractivity contribution in [3.63, 3.8) is 0 Å². The summed E-state index contributed by atoms with van der Waals surface area (Å²) in [6, 6.07) is 8.36. The van der Waals surface area contributed by atoms with E-state index >= 15 is 0 Å². The van der Waals surface area contributed by atoms with Crippen LogP contribution < -0.4 is 14.8 Å². The number of anilines is 1. The highest BCUT2D eigenvalue weighted by Gasteiger charge is 2.30. The molecule has 1 aliphatic heterocycles. The third kappa shape index (κ3) is 3.69. The molecule has 1 aromatic carbocycles. The number of rotatable bonds is 6. The van der Waals surface area contributed by atoms with Crippen molar-refractivity contribution < 1.29 is 9.47 Å². The number of H-pyrrole nitrogens is 1. The van der Waals surface area contributed by atoms with E-state index in [2.05, 4.69) is 58.5 Å². The Morgan fingerprint density at radius 3 is 2.70 bits per heavy atom. The van der Waals surface area contributed by atoms with Gasteiger partial charge in [-0.1, -0.05) is 19.9 Å². The Bertz CT molecular complexity index is 1320. The van der Waals surface area contributed by atoms with Crippen molar-refractivity contribution in [2.45, 2.75) is 38.6 Å². The fraction of sp³-hybridized carbons (Fsp3) is 0.400. The van der Waals surface area contributed by atoms with E-state index in [1.807, 2.05) is 17.8 Å². The molecule has 0 saturated heterocycles. The highest BCUT2D eigenvalue weighted by molar-refractivity contribution is 5.92. The van der Waals surface area contributed by atoms with Crippen molar-refractivity contribution in [2.24, 2.45) is 13.0 Å². The Labute approximate surface area is 192 Å². The molecule has 0 bridgehead atoms. The lowest BCUT2D eigenvalue weighted by atomic mass is 9.95. The first-order valence-corrected chi connectivity index (χ1v) is 11.6. The molecule has 0 radical (unpaired) electrons. The van der Waals surface area contributed by atoms with Crippen LogP contribution in [0.2, 0.25) is 0 Å². The first-order valence-electron chi connectivity index (χ1n) is 11.6. The van der Waals surface area contributed by atoms with Gasteiger partial charge in [-0.2, -0.15) is 5.10 Å². The van der Waals surface area contributed by atoms with Crippen molar-refractivity contribution >= 4 is 16.9 Å². The van der Waals surface area contributed by atoms with Crippen molar-refractivity contribution in [1.29, 1.82) is 0 Å². The molecule has 8 nitrogen and oxygen atoms in total. The number of aryl methyl sites for hydroxylation is 1. The van der Waals surface area contributed by atoms with Gasteiger partial charge >= 0.3 is 0 Å². The summed E-state index contributed by atoms with van der Waals surface area (Å²) in [5.41, 5.74) is 5.31. The van der Waals surface area contributed by atoms with Gasteiger partial charge in [0.05, 0.1) is 22.8 Å². The second-order valence-electron chi connectivity index (χ2n) is 9.31. The van der Waals surface area contributed by atoms with Crippen LogP contribution in [0, 0.1) is 5.92 Å². The van der Waals surface area contributed by atoms with Gasteiger partial charge in [0, 0.05) is 24.7 Å². The van der Waals surface area contributed by atoms with Crippen LogP contribution in [0.3, 0.4) is 0 Å². The molecule has 2 N–H and O–H groups in total. The van der Waals surface area contributed by atoms with Crippen LogP contribution in [0.4, 0.5) is 5.82 Å². The van der Waals surface area contributed by atoms with Gasteiger partial charge in [-0.15, -0.1) is 0 Å². The van der Waals surface area contributed by atoms with Gasteiger partial charge in [0.15, 0.2) is 11.5 Å². The van der Waals surface area contributed by atoms with Gasteiger partial charge in [0.2, 0.25) is 0 Å². The van der Waals surface area contributed by atoms with E-state index in [1.54, 1.807) is 6.33 Å². The summed E-state index contributed by atoms with van der Waals surface area (Å²) in [6.07, 6.45) is 6.12. The van der Waals surface area contributed by atoms with Gasteiger partial charge in [0.25, 0.3) is 0 Å². The van der Waals surface area contributed by atoms with Gasteiger partial charge in [-0.05, 0) is 42.5 Å². The SMILES string of the molecule is CC(C)[C@@H](Nc1ncnc2[nH]c(-c3cn(C)nc3C3CC3)cc12)c1ccc2c(c1)OCCO2. The number of fused-ring (bicyclic) bond motifs is 2. The molecule has 4 heterocycles. The van der Waals surface area contributed by atoms with Gasteiger partial charge in [-0.3, -0.25) is 4.68 Å². The van der Waals surface area contributed by atoms with Crippen LogP contribution in [0.15, 0.2) is 36.8 Å². The Balaban J connectivity index is 1.36. The average Bonchev–Trinajstić information content (AvgIpc) is 3.44. The Morgan fingerprint density at radius 1 is 1.09 bits per heavy atom. The summed E-state index contributed by atoms with van der Waals surface area (Å²) in [6.45, 7) is 5.57. The minimum atomic E-state index is 0.0534. The molecule has 33 heavy (non-hydrogen) atoms. The molecule has 1 atom stereocenters. The molecular weight excluding hydrogens is 416 g/mol. The fourth-order valence-corrected chi connectivity index (χ4v) is 4.61. The lowest BCUT2D eigenvalue weighted by molar-refractivity contribution is 0.171. The Kier molecular flexibility index (Phi) is 4.74. The molecule has 0 spiro atoms. The molecule has 0 unspecified atom stereocenters. The third-order valence-electron chi connectivity index (χ3n) is 6.42. The Morgan fingerprint density at radius 2 is 1.91 bits per heavy atom. The minimum absolute atomic E-state index is 0.0534. The number of aromatic nitrogens is 5. The highest BCUT2D eigenvalue weighted by atomic mass is 16.6. The molecule has 0 amide bonds. The summed E-state index contributed by atoms with van der Waals surface area (Å²) in [5, 5.41) is 9.36. The van der Waals surface area contributed by atoms with Gasteiger partial charge in [0.1, 0.15) is 31.0 Å². The largest absolute Gasteiger partial charge is 0.486 e. The lowest BCUT2D eigenvalue weighted by Crippen LogP contribution is -2.19. The standard InChI is InChI=1S/C25H28N6O2/c1-14(2)22(16-6-7-20-21(10-16)33-9-8-32-20)29-25-17-11-19(28-24(17)26-13-27-25)18-12-31(3)30-23(18)15-4-5-15/h6-7,10-15,22H,4-5,8-9H2,1-3H3,(H2,26,27,28,29)/t22-/m1/s1. The third-order valence-corrected chi connectivity index (χ3v) is 6.42. The van der Waals surface area contributed by atoms with E-state index in [9.17, 15) is 0 Å². The van der Waals surface area contributed by atoms with Crippen LogP contribution >= 0.6 is 0 Å². The van der Waals surface area contributed by atoms with E-state index in [4.69, 9.17) is 14.6 Å². The monoisotopic (exact) mass is 444 g/mol. The highest BCUT2D eigenvalue weighted by Crippen LogP contribution is 2.44. The second-order valence-corrected chi connectivity index (χ2v) is 9.31. The minimum Gasteiger partial charge on any atom is -0.486 e. The number of nitrogens with zero attached hydrogens (tertiary/aromatic N) is 4. The molecule has 2 aliphatic rings. The van der Waals surface area contributed by atoms with E-state index in [1.165, 1.54) is 18.5 Å². The number of ether oxygens (including phenoxy) is 2. The van der Waals surface area contributed by atoms with E-state index < -0.39 is 0 Å². The number of benzene rings is 1. The average molecular weight is 445 g/mol. The zero-order valence-electron chi connectivity index (χ0n) is 19.1. The molecule has 1 fully saturated rings. The molecular formula is C25H28N6O2. The summed E-state index contributed by atoms with van der Waals surface area (Å²) in [5.74, 6) is 3.31. The molecule has 3 aromatic heterocycles. The van der Waals surface area contributed by atoms with Crippen molar-refractivity contribution in [3.05, 3.63) is 48.0 Å². The summed E-state index contributed by atoms with van der Waals surface area (Å²) in [7, 11) is 1.98. The smallest absolute Gasteiger partial charge is 0.161 e. The lowest BCUT2D eigenvalue weighted by Gasteiger charge is -2.26. The fourth-order valence-electron chi connectivity index (χ4n) is 4.61. The maximum absolute atomic E-state index is 5.81. The van der Waals surface area contributed by atoms with Crippen molar-refractivity contribution in [2.75, 3.05) is 18.5 Å². The quantitative estimate of drug-likeness (QED) is 0.443. The molecule has 1 saturated carbocycles. The van der Waals surface area contributed by atoms with Crippen LogP contribution in [0.1, 0.15) is 49.9 Å². The second kappa shape index (κ2) is 7.79. The maximum atomic E-state index is 5.81. The zero-order valence-corrected chi connectivity index (χ0v) is 19.1. The maximum Gasteiger partial charge on any atom is 0.161 e. The molecule has 4 aromatic rings. The molecule has 6 rings (SSSR count). The normalized spacial score (nSPS) is 16.4. The van der Waals surface area contributed by atoms with Crippen LogP contribution in [0.5, 0.6) is 11.5 Å². The van der Waals surface area contributed by atoms with Crippen molar-refractivity contribution in [1.82, 2.24) is 24.7 Å². The zero-order chi connectivity index (χ0) is 22.5. The van der Waals surface area contributed by atoms with Crippen LogP contribution in [-0.4, -0.2) is 37.9 Å². The molecule has 170 valence electrons. The van der Waals surface area contributed by atoms with E-state index in [0.717, 1.165) is 45.2 Å². The van der Waals surface area contributed by atoms with Crippen LogP contribution in [-0.2, 0) is 7.05 Å². The van der Waals surface area contributed by atoms with Gasteiger partial charge in [-0.25, -0.2) is 9.97 Å². The Hall–Kier alpha value is -3.55. The number of aromatic amines is 1. The predicted octanol–water partition coefficient (Wildman–Crippen LogP) is 4.82. The van der Waals surface area contributed by atoms with Gasteiger partial charge < -0.3 is 19.8 Å². The van der Waals surface area contributed by atoms with E-state index in [-0.39, 0.29) is 6.04 Å². The summed E-state index contributed by atoms with van der Waals surface area (Å²) in [4.78, 5) is 12.6. The first-order chi connectivity index (χ1) is 16.1. The molecule has 1 aliphatic carbocycles. The number of hydrogen-bond donors (Lipinski definition) is 2. The summed E-state index contributed by atoms with van der Waals surface area (Å²) < 4.78 is 13.4. The molecule has 8 heteroatoms. The number of hydrogen-bond acceptors (Lipinski definition) is 6. The first kappa shape index (κ1) is 20.1. The predicted molar refractivity (Wildman–Crippen MR) is 127 cm³/mol. The number of nitrogens with one attached hydrogen (secondary N) is 2.